The van der Waals surface area contributed by atoms with Gasteiger partial charge in [-0.05, 0) is 43.4 Å². The molecular weight excluding hydrogens is 206 g/mol. The van der Waals surface area contributed by atoms with Gasteiger partial charge in [-0.25, -0.2) is 0 Å². The van der Waals surface area contributed by atoms with Crippen LogP contribution in [-0.2, 0) is 0 Å². The lowest BCUT2D eigenvalue weighted by Gasteiger charge is -2.44. The molecule has 1 aliphatic heterocycles. The number of fused-ring (bicyclic) bond motifs is 1. The van der Waals surface area contributed by atoms with E-state index in [-0.39, 0.29) is 5.54 Å². The average Bonchev–Trinajstić information content (AvgIpc) is 2.13. The summed E-state index contributed by atoms with van der Waals surface area (Å²) >= 11 is 6.26. The maximum Gasteiger partial charge on any atom is 0.0461 e. The number of benzene rings is 1. The SMILES string of the molecule is CC1c2c(Cl)cccc2NC(C)(C)C1C. The van der Waals surface area contributed by atoms with Crippen molar-refractivity contribution in [2.75, 3.05) is 5.32 Å². The van der Waals surface area contributed by atoms with Gasteiger partial charge in [-0.3, -0.25) is 0 Å². The molecule has 82 valence electrons. The molecule has 0 saturated carbocycles. The highest BCUT2D eigenvalue weighted by atomic mass is 35.5. The van der Waals surface area contributed by atoms with Crippen molar-refractivity contribution in [2.24, 2.45) is 5.92 Å². The summed E-state index contributed by atoms with van der Waals surface area (Å²) in [6.07, 6.45) is 0. The van der Waals surface area contributed by atoms with Gasteiger partial charge in [-0.2, -0.15) is 0 Å². The summed E-state index contributed by atoms with van der Waals surface area (Å²) in [5, 5.41) is 4.46. The van der Waals surface area contributed by atoms with Crippen LogP contribution in [0.25, 0.3) is 0 Å². The Hall–Kier alpha value is -0.690. The topological polar surface area (TPSA) is 12.0 Å². The summed E-state index contributed by atoms with van der Waals surface area (Å²) in [6.45, 7) is 9.04. The van der Waals surface area contributed by atoms with Gasteiger partial charge >= 0.3 is 0 Å². The van der Waals surface area contributed by atoms with E-state index in [4.69, 9.17) is 11.6 Å². The van der Waals surface area contributed by atoms with Crippen LogP contribution in [0.2, 0.25) is 5.02 Å². The molecule has 0 spiro atoms. The Morgan fingerprint density at radius 2 is 1.93 bits per heavy atom. The molecule has 2 heteroatoms. The van der Waals surface area contributed by atoms with E-state index in [1.807, 2.05) is 12.1 Å². The Morgan fingerprint density at radius 1 is 1.27 bits per heavy atom. The van der Waals surface area contributed by atoms with Gasteiger partial charge in [0.1, 0.15) is 0 Å². The maximum atomic E-state index is 6.26. The van der Waals surface area contributed by atoms with Crippen LogP contribution in [0.4, 0.5) is 5.69 Å². The van der Waals surface area contributed by atoms with Gasteiger partial charge in [0.2, 0.25) is 0 Å². The molecule has 1 nitrogen and oxygen atoms in total. The van der Waals surface area contributed by atoms with Crippen LogP contribution in [0.15, 0.2) is 18.2 Å². The predicted octanol–water partition coefficient (Wildman–Crippen LogP) is 4.28. The molecule has 0 bridgehead atoms. The molecule has 2 atom stereocenters. The largest absolute Gasteiger partial charge is 0.380 e. The summed E-state index contributed by atoms with van der Waals surface area (Å²) in [6, 6.07) is 6.10. The van der Waals surface area contributed by atoms with Gasteiger partial charge in [0.05, 0.1) is 0 Å². The van der Waals surface area contributed by atoms with Crippen LogP contribution in [0.3, 0.4) is 0 Å². The molecule has 1 aliphatic rings. The number of nitrogens with one attached hydrogen (secondary N) is 1. The first-order valence-electron chi connectivity index (χ1n) is 5.50. The smallest absolute Gasteiger partial charge is 0.0461 e. The Kier molecular flexibility index (Phi) is 2.46. The molecule has 0 aromatic heterocycles. The minimum atomic E-state index is 0.136. The van der Waals surface area contributed by atoms with Crippen molar-refractivity contribution < 1.29 is 0 Å². The fourth-order valence-electron chi connectivity index (χ4n) is 2.44. The third-order valence-corrected chi connectivity index (χ3v) is 4.18. The van der Waals surface area contributed by atoms with E-state index in [0.717, 1.165) is 5.02 Å². The Labute approximate surface area is 96.8 Å². The van der Waals surface area contributed by atoms with E-state index in [1.54, 1.807) is 0 Å². The molecule has 0 aliphatic carbocycles. The normalized spacial score (nSPS) is 28.1. The molecule has 2 unspecified atom stereocenters. The van der Waals surface area contributed by atoms with Gasteiger partial charge in [-0.1, -0.05) is 31.5 Å². The number of anilines is 1. The van der Waals surface area contributed by atoms with Crippen LogP contribution in [0.5, 0.6) is 0 Å². The van der Waals surface area contributed by atoms with E-state index in [1.165, 1.54) is 11.3 Å². The lowest BCUT2D eigenvalue weighted by molar-refractivity contribution is 0.316. The number of halogens is 1. The van der Waals surface area contributed by atoms with E-state index < -0.39 is 0 Å². The summed E-state index contributed by atoms with van der Waals surface area (Å²) in [7, 11) is 0. The minimum Gasteiger partial charge on any atom is -0.380 e. The van der Waals surface area contributed by atoms with E-state index in [0.29, 0.717) is 11.8 Å². The van der Waals surface area contributed by atoms with E-state index >= 15 is 0 Å². The summed E-state index contributed by atoms with van der Waals surface area (Å²) in [5.74, 6) is 1.08. The van der Waals surface area contributed by atoms with Gasteiger partial charge in [0, 0.05) is 16.2 Å². The van der Waals surface area contributed by atoms with Crippen molar-refractivity contribution in [2.45, 2.75) is 39.2 Å². The first-order chi connectivity index (χ1) is 6.93. The molecule has 1 aromatic carbocycles. The predicted molar refractivity (Wildman–Crippen MR) is 66.7 cm³/mol. The zero-order chi connectivity index (χ0) is 11.2. The highest BCUT2D eigenvalue weighted by Crippen LogP contribution is 2.45. The second-order valence-corrected chi connectivity index (χ2v) is 5.53. The first-order valence-corrected chi connectivity index (χ1v) is 5.88. The summed E-state index contributed by atoms with van der Waals surface area (Å²) in [4.78, 5) is 0. The Bertz CT molecular complexity index is 384. The monoisotopic (exact) mass is 223 g/mol. The molecule has 0 radical (unpaired) electrons. The first kappa shape index (κ1) is 10.8. The second-order valence-electron chi connectivity index (χ2n) is 5.13. The standard InChI is InChI=1S/C13H18ClN/c1-8-9(2)13(3,4)15-11-7-5-6-10(14)12(8)11/h5-9,15H,1-4H3. The molecule has 0 amide bonds. The highest BCUT2D eigenvalue weighted by Gasteiger charge is 2.37. The minimum absolute atomic E-state index is 0.136. The van der Waals surface area contributed by atoms with Gasteiger partial charge < -0.3 is 5.32 Å². The van der Waals surface area contributed by atoms with Crippen LogP contribution in [0, 0.1) is 5.92 Å². The van der Waals surface area contributed by atoms with Crippen LogP contribution in [-0.4, -0.2) is 5.54 Å². The summed E-state index contributed by atoms with van der Waals surface area (Å²) in [5.41, 5.74) is 2.60. The Morgan fingerprint density at radius 3 is 2.60 bits per heavy atom. The van der Waals surface area contributed by atoms with E-state index in [2.05, 4.69) is 39.1 Å². The maximum absolute atomic E-state index is 6.26. The lowest BCUT2D eigenvalue weighted by atomic mass is 9.73. The molecule has 1 aromatic rings. The second kappa shape index (κ2) is 3.41. The Balaban J connectivity index is 2.55. The summed E-state index contributed by atoms with van der Waals surface area (Å²) < 4.78 is 0. The van der Waals surface area contributed by atoms with E-state index in [9.17, 15) is 0 Å². The quantitative estimate of drug-likeness (QED) is 0.692. The number of hydrogen-bond donors (Lipinski definition) is 1. The van der Waals surface area contributed by atoms with Gasteiger partial charge in [0.25, 0.3) is 0 Å². The molecule has 1 heterocycles. The zero-order valence-electron chi connectivity index (χ0n) is 9.76. The fourth-order valence-corrected chi connectivity index (χ4v) is 2.79. The molecule has 1 N–H and O–H groups in total. The molecule has 2 rings (SSSR count). The average molecular weight is 224 g/mol. The van der Waals surface area contributed by atoms with Crippen molar-refractivity contribution in [3.05, 3.63) is 28.8 Å². The van der Waals surface area contributed by atoms with Gasteiger partial charge in [-0.15, -0.1) is 0 Å². The highest BCUT2D eigenvalue weighted by molar-refractivity contribution is 6.31. The third kappa shape index (κ3) is 1.63. The molecule has 0 saturated heterocycles. The zero-order valence-corrected chi connectivity index (χ0v) is 10.5. The van der Waals surface area contributed by atoms with Crippen molar-refractivity contribution in [3.8, 4) is 0 Å². The number of rotatable bonds is 0. The number of hydrogen-bond acceptors (Lipinski definition) is 1. The van der Waals surface area contributed by atoms with Crippen molar-refractivity contribution in [1.29, 1.82) is 0 Å². The third-order valence-electron chi connectivity index (χ3n) is 3.85. The molecule has 0 fully saturated rings. The lowest BCUT2D eigenvalue weighted by Crippen LogP contribution is -2.44. The van der Waals surface area contributed by atoms with Gasteiger partial charge in [0.15, 0.2) is 0 Å². The van der Waals surface area contributed by atoms with Crippen LogP contribution in [0.1, 0.15) is 39.2 Å². The molecular formula is C13H18ClN. The molecule has 15 heavy (non-hydrogen) atoms. The van der Waals surface area contributed by atoms with Crippen molar-refractivity contribution >= 4 is 17.3 Å². The van der Waals surface area contributed by atoms with Crippen molar-refractivity contribution in [1.82, 2.24) is 0 Å². The van der Waals surface area contributed by atoms with Crippen LogP contribution >= 0.6 is 11.6 Å². The van der Waals surface area contributed by atoms with Crippen molar-refractivity contribution in [3.63, 3.8) is 0 Å². The van der Waals surface area contributed by atoms with Crippen LogP contribution < -0.4 is 5.32 Å². The fraction of sp³-hybridized carbons (Fsp3) is 0.538.